The van der Waals surface area contributed by atoms with Gasteiger partial charge in [0.1, 0.15) is 0 Å². The molecule has 0 radical (unpaired) electrons. The first-order chi connectivity index (χ1) is 6.38. The molecule has 0 atom stereocenters. The molecule has 3 heteroatoms. The van der Waals surface area contributed by atoms with Crippen LogP contribution in [0, 0.1) is 0 Å². The molecule has 0 amide bonds. The summed E-state index contributed by atoms with van der Waals surface area (Å²) in [4.78, 5) is 16.2. The lowest BCUT2D eigenvalue weighted by Gasteiger charge is -1.94. The normalized spacial score (nSPS) is 9.85. The number of rotatable bonds is 2. The van der Waals surface area contributed by atoms with E-state index in [0.717, 1.165) is 0 Å². The third kappa shape index (κ3) is 1.65. The zero-order valence-corrected chi connectivity index (χ0v) is 7.62. The molecule has 0 aliphatic rings. The van der Waals surface area contributed by atoms with Gasteiger partial charge in [0, 0.05) is 11.8 Å². The molecule has 0 saturated carbocycles. The van der Waals surface area contributed by atoms with Crippen LogP contribution in [0.3, 0.4) is 0 Å². The van der Waals surface area contributed by atoms with Crippen molar-refractivity contribution in [3.63, 3.8) is 0 Å². The highest BCUT2D eigenvalue weighted by Gasteiger charge is 2.08. The number of ketones is 1. The lowest BCUT2D eigenvalue weighted by molar-refractivity contribution is 0.104. The summed E-state index contributed by atoms with van der Waals surface area (Å²) >= 11 is 1.37. The van der Waals surface area contributed by atoms with Crippen LogP contribution in [0.25, 0.3) is 0 Å². The third-order valence-electron chi connectivity index (χ3n) is 1.69. The van der Waals surface area contributed by atoms with Crippen LogP contribution >= 0.6 is 11.3 Å². The Balaban J connectivity index is 2.34. The minimum atomic E-state index is 0.0445. The van der Waals surface area contributed by atoms with Crippen molar-refractivity contribution in [1.82, 2.24) is 4.98 Å². The maximum absolute atomic E-state index is 11.7. The van der Waals surface area contributed by atoms with Gasteiger partial charge in [-0.2, -0.15) is 0 Å². The maximum Gasteiger partial charge on any atom is 0.204 e. The van der Waals surface area contributed by atoms with E-state index in [1.165, 1.54) is 11.3 Å². The average Bonchev–Trinajstić information content (AvgIpc) is 2.71. The molecule has 0 bridgehead atoms. The van der Waals surface area contributed by atoms with Crippen LogP contribution in [0.2, 0.25) is 0 Å². The first-order valence-electron chi connectivity index (χ1n) is 3.86. The van der Waals surface area contributed by atoms with Crippen molar-refractivity contribution >= 4 is 17.1 Å². The summed E-state index contributed by atoms with van der Waals surface area (Å²) in [5, 5.41) is 0. The second kappa shape index (κ2) is 3.49. The predicted molar refractivity (Wildman–Crippen MR) is 52.0 cm³/mol. The van der Waals surface area contributed by atoms with E-state index >= 15 is 0 Å². The number of hydrogen-bond donors (Lipinski definition) is 0. The highest BCUT2D eigenvalue weighted by atomic mass is 32.1. The number of benzene rings is 1. The Morgan fingerprint density at radius 2 is 2.00 bits per heavy atom. The number of carbonyl (C=O) groups excluding carboxylic acids is 1. The van der Waals surface area contributed by atoms with Crippen LogP contribution in [0.15, 0.2) is 42.0 Å². The van der Waals surface area contributed by atoms with Gasteiger partial charge in [-0.1, -0.05) is 30.3 Å². The van der Waals surface area contributed by atoms with Crippen LogP contribution in [0.4, 0.5) is 0 Å². The van der Waals surface area contributed by atoms with Gasteiger partial charge in [-0.05, 0) is 0 Å². The number of nitrogens with zero attached hydrogens (tertiary/aromatic N) is 1. The van der Waals surface area contributed by atoms with Crippen molar-refractivity contribution in [2.45, 2.75) is 0 Å². The molecule has 0 unspecified atom stereocenters. The first kappa shape index (κ1) is 8.13. The van der Waals surface area contributed by atoms with E-state index in [2.05, 4.69) is 4.98 Å². The molecule has 0 aliphatic carbocycles. The van der Waals surface area contributed by atoms with E-state index in [1.807, 2.05) is 30.3 Å². The van der Waals surface area contributed by atoms with E-state index in [-0.39, 0.29) is 5.78 Å². The van der Waals surface area contributed by atoms with Crippen molar-refractivity contribution in [1.29, 1.82) is 0 Å². The summed E-state index contributed by atoms with van der Waals surface area (Å²) in [5.74, 6) is 0.0445. The molecule has 1 heterocycles. The molecule has 1 aromatic carbocycles. The smallest absolute Gasteiger partial charge is 0.204 e. The van der Waals surface area contributed by atoms with Gasteiger partial charge in [-0.15, -0.1) is 11.3 Å². The van der Waals surface area contributed by atoms with E-state index < -0.39 is 0 Å². The Bertz CT molecular complexity index is 394. The second-order valence-electron chi connectivity index (χ2n) is 2.56. The van der Waals surface area contributed by atoms with Gasteiger partial charge in [0.15, 0.2) is 0 Å². The molecule has 1 aromatic heterocycles. The highest BCUT2D eigenvalue weighted by molar-refractivity contribution is 7.11. The minimum Gasteiger partial charge on any atom is -0.288 e. The summed E-state index contributed by atoms with van der Waals surface area (Å²) in [7, 11) is 0. The Hall–Kier alpha value is -1.48. The van der Waals surface area contributed by atoms with Crippen molar-refractivity contribution < 1.29 is 4.79 Å². The third-order valence-corrected chi connectivity index (χ3v) is 2.46. The fraction of sp³-hybridized carbons (Fsp3) is 0. The Morgan fingerprint density at radius 1 is 1.23 bits per heavy atom. The van der Waals surface area contributed by atoms with Gasteiger partial charge in [-0.25, -0.2) is 0 Å². The number of carbonyl (C=O) groups is 1. The van der Waals surface area contributed by atoms with E-state index in [0.29, 0.717) is 10.4 Å². The lowest BCUT2D eigenvalue weighted by Crippen LogP contribution is -1.97. The Kier molecular flexibility index (Phi) is 2.19. The van der Waals surface area contributed by atoms with Crippen molar-refractivity contribution in [3.8, 4) is 0 Å². The van der Waals surface area contributed by atoms with Crippen molar-refractivity contribution in [3.05, 3.63) is 52.5 Å². The molecular weight excluding hydrogens is 182 g/mol. The van der Waals surface area contributed by atoms with E-state index in [9.17, 15) is 4.79 Å². The fourth-order valence-electron chi connectivity index (χ4n) is 1.06. The summed E-state index contributed by atoms with van der Waals surface area (Å²) in [6.07, 6.45) is 1.60. The molecule has 0 N–H and O–H groups in total. The van der Waals surface area contributed by atoms with Crippen LogP contribution < -0.4 is 0 Å². The topological polar surface area (TPSA) is 30.0 Å². The second-order valence-corrected chi connectivity index (χ2v) is 3.45. The van der Waals surface area contributed by atoms with E-state index in [1.54, 1.807) is 11.7 Å². The molecule has 0 aliphatic heterocycles. The van der Waals surface area contributed by atoms with Crippen LogP contribution in [-0.4, -0.2) is 10.8 Å². The molecular formula is C10H7NOS. The lowest BCUT2D eigenvalue weighted by atomic mass is 10.1. The van der Waals surface area contributed by atoms with Gasteiger partial charge in [-0.3, -0.25) is 9.78 Å². The van der Waals surface area contributed by atoms with Crippen LogP contribution in [0.1, 0.15) is 15.2 Å². The fourth-order valence-corrected chi connectivity index (χ4v) is 1.64. The highest BCUT2D eigenvalue weighted by Crippen LogP contribution is 2.12. The molecule has 2 nitrogen and oxygen atoms in total. The Labute approximate surface area is 79.9 Å². The standard InChI is InChI=1S/C10H7NOS/c12-10(9-6-11-7-13-9)8-4-2-1-3-5-8/h1-7H. The van der Waals surface area contributed by atoms with E-state index in [4.69, 9.17) is 0 Å². The molecule has 64 valence electrons. The molecule has 0 spiro atoms. The van der Waals surface area contributed by atoms with Gasteiger partial charge >= 0.3 is 0 Å². The molecule has 0 fully saturated rings. The Morgan fingerprint density at radius 3 is 2.62 bits per heavy atom. The number of thiazole rings is 1. The monoisotopic (exact) mass is 189 g/mol. The molecule has 2 rings (SSSR count). The SMILES string of the molecule is O=C(c1ccccc1)c1cncs1. The molecule has 0 saturated heterocycles. The van der Waals surface area contributed by atoms with Gasteiger partial charge in [0.2, 0.25) is 5.78 Å². The first-order valence-corrected chi connectivity index (χ1v) is 4.74. The van der Waals surface area contributed by atoms with Crippen LogP contribution in [0.5, 0.6) is 0 Å². The maximum atomic E-state index is 11.7. The van der Waals surface area contributed by atoms with Crippen LogP contribution in [-0.2, 0) is 0 Å². The zero-order chi connectivity index (χ0) is 9.10. The molecule has 2 aromatic rings. The largest absolute Gasteiger partial charge is 0.288 e. The quantitative estimate of drug-likeness (QED) is 0.679. The van der Waals surface area contributed by atoms with Crippen molar-refractivity contribution in [2.75, 3.05) is 0 Å². The van der Waals surface area contributed by atoms with Gasteiger partial charge in [0.25, 0.3) is 0 Å². The summed E-state index contributed by atoms with van der Waals surface area (Å²) in [6.45, 7) is 0. The summed E-state index contributed by atoms with van der Waals surface area (Å²) < 4.78 is 0. The average molecular weight is 189 g/mol. The van der Waals surface area contributed by atoms with Crippen molar-refractivity contribution in [2.24, 2.45) is 0 Å². The predicted octanol–water partition coefficient (Wildman–Crippen LogP) is 2.37. The zero-order valence-electron chi connectivity index (χ0n) is 6.81. The van der Waals surface area contributed by atoms with Gasteiger partial charge < -0.3 is 0 Å². The summed E-state index contributed by atoms with van der Waals surface area (Å²) in [5.41, 5.74) is 2.38. The number of hydrogen-bond acceptors (Lipinski definition) is 3. The molecule has 13 heavy (non-hydrogen) atoms. The summed E-state index contributed by atoms with van der Waals surface area (Å²) in [6, 6.07) is 9.22. The minimum absolute atomic E-state index is 0.0445. The number of aromatic nitrogens is 1. The van der Waals surface area contributed by atoms with Gasteiger partial charge in [0.05, 0.1) is 10.4 Å².